The Morgan fingerprint density at radius 3 is 2.26 bits per heavy atom. The van der Waals surface area contributed by atoms with E-state index in [9.17, 15) is 13.2 Å². The first-order valence-corrected chi connectivity index (χ1v) is 13.8. The molecule has 0 fully saturated rings. The monoisotopic (exact) mass is 513 g/mol. The summed E-state index contributed by atoms with van der Waals surface area (Å²) >= 11 is 1.35. The summed E-state index contributed by atoms with van der Waals surface area (Å²) in [5.74, 6) is 0.498. The molecule has 0 bridgehead atoms. The largest absolute Gasteiger partial charge is 0.497 e. The molecule has 0 atom stereocenters. The van der Waals surface area contributed by atoms with E-state index in [0.717, 1.165) is 35.4 Å². The predicted molar refractivity (Wildman–Crippen MR) is 142 cm³/mol. The fraction of sp³-hybridized carbons (Fsp3) is 0.308. The van der Waals surface area contributed by atoms with Gasteiger partial charge in [0.05, 0.1) is 17.7 Å². The van der Waals surface area contributed by atoms with Crippen LogP contribution in [0.4, 0.5) is 5.13 Å². The molecule has 0 aliphatic carbocycles. The number of sulfonamides is 1. The molecule has 0 spiro atoms. The van der Waals surface area contributed by atoms with Crippen LogP contribution >= 0.6 is 11.3 Å². The van der Waals surface area contributed by atoms with Crippen LogP contribution < -0.4 is 10.1 Å². The van der Waals surface area contributed by atoms with E-state index in [4.69, 9.17) is 4.74 Å². The van der Waals surface area contributed by atoms with Gasteiger partial charge in [-0.15, -0.1) is 11.3 Å². The molecule has 35 heavy (non-hydrogen) atoms. The Balaban J connectivity index is 1.68. The van der Waals surface area contributed by atoms with Crippen molar-refractivity contribution in [2.45, 2.75) is 38.5 Å². The summed E-state index contributed by atoms with van der Waals surface area (Å²) in [5, 5.41) is 5.21. The van der Waals surface area contributed by atoms with Crippen molar-refractivity contribution >= 4 is 38.5 Å². The Hall–Kier alpha value is -3.01. The smallest absolute Gasteiger partial charge is 0.253 e. The highest BCUT2D eigenvalue weighted by atomic mass is 32.2. The Kier molecular flexibility index (Phi) is 9.20. The Morgan fingerprint density at radius 2 is 1.69 bits per heavy atom. The third-order valence-electron chi connectivity index (χ3n) is 5.32. The van der Waals surface area contributed by atoms with Gasteiger partial charge in [-0.1, -0.05) is 26.0 Å². The molecule has 9 heteroatoms. The van der Waals surface area contributed by atoms with Crippen molar-refractivity contribution in [2.75, 3.05) is 25.5 Å². The molecule has 0 unspecified atom stereocenters. The van der Waals surface area contributed by atoms with Gasteiger partial charge in [0.25, 0.3) is 5.91 Å². The normalized spacial score (nSPS) is 12.1. The number of hydrogen-bond acceptors (Lipinski definition) is 6. The van der Waals surface area contributed by atoms with E-state index in [2.05, 4.69) is 10.3 Å². The lowest BCUT2D eigenvalue weighted by Crippen LogP contribution is -2.32. The number of nitrogens with one attached hydrogen (secondary N) is 1. The number of amides is 1. The highest BCUT2D eigenvalue weighted by molar-refractivity contribution is 7.89. The minimum atomic E-state index is -3.53. The fourth-order valence-electron chi connectivity index (χ4n) is 3.47. The molecule has 0 saturated carbocycles. The number of nitrogens with zero attached hydrogens (tertiary/aromatic N) is 2. The second kappa shape index (κ2) is 12.1. The highest BCUT2D eigenvalue weighted by Crippen LogP contribution is 2.27. The molecule has 1 amide bonds. The lowest BCUT2D eigenvalue weighted by Gasteiger charge is -2.21. The first-order chi connectivity index (χ1) is 16.8. The zero-order valence-electron chi connectivity index (χ0n) is 20.4. The van der Waals surface area contributed by atoms with E-state index < -0.39 is 10.0 Å². The molecule has 0 aliphatic heterocycles. The first kappa shape index (κ1) is 26.6. The van der Waals surface area contributed by atoms with Crippen LogP contribution in [0.15, 0.2) is 64.4 Å². The number of ether oxygens (including phenoxy) is 1. The van der Waals surface area contributed by atoms with E-state index in [1.165, 1.54) is 15.6 Å². The van der Waals surface area contributed by atoms with E-state index in [-0.39, 0.29) is 10.8 Å². The number of methoxy groups -OCH3 is 1. The van der Waals surface area contributed by atoms with Gasteiger partial charge in [0.1, 0.15) is 5.75 Å². The van der Waals surface area contributed by atoms with Crippen molar-refractivity contribution in [3.63, 3.8) is 0 Å². The van der Waals surface area contributed by atoms with Gasteiger partial charge in [0.2, 0.25) is 10.0 Å². The number of carbonyl (C=O) groups is 1. The summed E-state index contributed by atoms with van der Waals surface area (Å²) in [6.07, 6.45) is 3.24. The van der Waals surface area contributed by atoms with Crippen LogP contribution in [0.2, 0.25) is 0 Å². The number of aromatic nitrogens is 1. The third kappa shape index (κ3) is 6.78. The lowest BCUT2D eigenvalue weighted by atomic mass is 10.1. The van der Waals surface area contributed by atoms with Gasteiger partial charge < -0.3 is 4.74 Å². The standard InChI is InChI=1S/C26H31N3O4S2/c1-5-15-29(16-6-2)35(31,32)23-13-7-20(8-14-23)17-19(3)25(30)28-26-27-24(18-34-26)21-9-11-22(33-4)12-10-21/h7-14,17-18H,5-6,15-16H2,1-4H3,(H,27,28,30). The van der Waals surface area contributed by atoms with Gasteiger partial charge in [0, 0.05) is 29.6 Å². The molecule has 0 aliphatic rings. The van der Waals surface area contributed by atoms with Crippen molar-refractivity contribution in [2.24, 2.45) is 0 Å². The molecule has 1 heterocycles. The van der Waals surface area contributed by atoms with E-state index in [1.807, 2.05) is 43.5 Å². The van der Waals surface area contributed by atoms with Crippen molar-refractivity contribution in [1.29, 1.82) is 0 Å². The maximum atomic E-state index is 12.9. The molecular weight excluding hydrogens is 482 g/mol. The number of anilines is 1. The maximum Gasteiger partial charge on any atom is 0.253 e. The minimum absolute atomic E-state index is 0.257. The predicted octanol–water partition coefficient (Wildman–Crippen LogP) is 5.67. The lowest BCUT2D eigenvalue weighted by molar-refractivity contribution is -0.112. The van der Waals surface area contributed by atoms with Gasteiger partial charge in [-0.2, -0.15) is 4.31 Å². The van der Waals surface area contributed by atoms with E-state index in [0.29, 0.717) is 23.8 Å². The molecule has 1 aromatic heterocycles. The molecule has 7 nitrogen and oxygen atoms in total. The van der Waals surface area contributed by atoms with Crippen molar-refractivity contribution in [1.82, 2.24) is 9.29 Å². The van der Waals surface area contributed by atoms with Crippen LogP contribution in [0.5, 0.6) is 5.75 Å². The number of thiazole rings is 1. The summed E-state index contributed by atoms with van der Waals surface area (Å²) in [7, 11) is -1.92. The summed E-state index contributed by atoms with van der Waals surface area (Å²) < 4.78 is 32.6. The summed E-state index contributed by atoms with van der Waals surface area (Å²) in [5.41, 5.74) is 2.93. The molecule has 186 valence electrons. The highest BCUT2D eigenvalue weighted by Gasteiger charge is 2.22. The zero-order chi connectivity index (χ0) is 25.4. The van der Waals surface area contributed by atoms with Crippen molar-refractivity contribution in [3.8, 4) is 17.0 Å². The van der Waals surface area contributed by atoms with Gasteiger partial charge in [-0.05, 0) is 67.8 Å². The van der Waals surface area contributed by atoms with E-state index in [1.54, 1.807) is 44.4 Å². The van der Waals surface area contributed by atoms with Crippen LogP contribution in [0.1, 0.15) is 39.2 Å². The van der Waals surface area contributed by atoms with Crippen LogP contribution in [0, 0.1) is 0 Å². The fourth-order valence-corrected chi connectivity index (χ4v) is 5.81. The van der Waals surface area contributed by atoms with Gasteiger partial charge in [0.15, 0.2) is 5.13 Å². The van der Waals surface area contributed by atoms with Crippen LogP contribution in [0.3, 0.4) is 0 Å². The quantitative estimate of drug-likeness (QED) is 0.334. The van der Waals surface area contributed by atoms with Crippen molar-refractivity contribution in [3.05, 3.63) is 65.0 Å². The molecular formula is C26H31N3O4S2. The van der Waals surface area contributed by atoms with Crippen LogP contribution in [0.25, 0.3) is 17.3 Å². The Morgan fingerprint density at radius 1 is 1.06 bits per heavy atom. The maximum absolute atomic E-state index is 12.9. The number of rotatable bonds is 11. The topological polar surface area (TPSA) is 88.6 Å². The van der Waals surface area contributed by atoms with Crippen LogP contribution in [-0.2, 0) is 14.8 Å². The van der Waals surface area contributed by atoms with Crippen LogP contribution in [-0.4, -0.2) is 43.8 Å². The summed E-state index contributed by atoms with van der Waals surface area (Å²) in [4.78, 5) is 17.4. The number of carbonyl (C=O) groups excluding carboxylic acids is 1. The summed E-state index contributed by atoms with van der Waals surface area (Å²) in [6.45, 7) is 6.63. The molecule has 3 rings (SSSR count). The minimum Gasteiger partial charge on any atom is -0.497 e. The molecule has 0 radical (unpaired) electrons. The molecule has 0 saturated heterocycles. The summed E-state index contributed by atoms with van der Waals surface area (Å²) in [6, 6.07) is 14.2. The van der Waals surface area contributed by atoms with E-state index >= 15 is 0 Å². The molecule has 3 aromatic rings. The average Bonchev–Trinajstić information content (AvgIpc) is 3.32. The second-order valence-corrected chi connectivity index (χ2v) is 10.8. The first-order valence-electron chi connectivity index (χ1n) is 11.5. The van der Waals surface area contributed by atoms with Gasteiger partial charge >= 0.3 is 0 Å². The number of benzene rings is 2. The number of hydrogen-bond donors (Lipinski definition) is 1. The average molecular weight is 514 g/mol. The zero-order valence-corrected chi connectivity index (χ0v) is 22.1. The molecule has 2 aromatic carbocycles. The Labute approximate surface area is 211 Å². The SMILES string of the molecule is CCCN(CCC)S(=O)(=O)c1ccc(C=C(C)C(=O)Nc2nc(-c3ccc(OC)cc3)cs2)cc1. The second-order valence-electron chi connectivity index (χ2n) is 8.02. The third-order valence-corrected chi connectivity index (χ3v) is 7.99. The van der Waals surface area contributed by atoms with Crippen molar-refractivity contribution < 1.29 is 17.9 Å². The van der Waals surface area contributed by atoms with Gasteiger partial charge in [-0.25, -0.2) is 13.4 Å². The van der Waals surface area contributed by atoms with Gasteiger partial charge in [-0.3, -0.25) is 10.1 Å². The molecule has 1 N–H and O–H groups in total. The Bertz CT molecular complexity index is 1260.